The number of hydrogen-bond acceptors (Lipinski definition) is 7. The first-order valence-electron chi connectivity index (χ1n) is 19.0. The number of methoxy groups -OCH3 is 1. The van der Waals surface area contributed by atoms with E-state index in [-0.39, 0.29) is 35.6 Å². The van der Waals surface area contributed by atoms with E-state index in [1.165, 1.54) is 12.0 Å². The van der Waals surface area contributed by atoms with Crippen molar-refractivity contribution in [2.75, 3.05) is 13.7 Å². The van der Waals surface area contributed by atoms with Crippen molar-refractivity contribution in [3.63, 3.8) is 0 Å². The third-order valence-corrected chi connectivity index (χ3v) is 12.6. The summed E-state index contributed by atoms with van der Waals surface area (Å²) in [5.41, 5.74) is 6.10. The van der Waals surface area contributed by atoms with Crippen molar-refractivity contribution < 1.29 is 19.1 Å². The number of alkyl carbamates (subject to hydrolysis) is 1. The molecule has 0 spiro atoms. The van der Waals surface area contributed by atoms with Crippen LogP contribution >= 0.6 is 11.3 Å². The zero-order chi connectivity index (χ0) is 37.3. The molecule has 1 saturated heterocycles. The molecule has 3 aliphatic rings. The Morgan fingerprint density at radius 1 is 0.870 bits per heavy atom. The number of hydrogen-bond donors (Lipinski definition) is 4. The Morgan fingerprint density at radius 3 is 2.13 bits per heavy atom. The second-order valence-electron chi connectivity index (χ2n) is 15.2. The molecule has 8 rings (SSSR count). The van der Waals surface area contributed by atoms with Crippen LogP contribution in [0.5, 0.6) is 0 Å². The van der Waals surface area contributed by atoms with Crippen LogP contribution in [0, 0.1) is 23.7 Å². The number of benzene rings is 2. The third-order valence-electron chi connectivity index (χ3n) is 11.7. The monoisotopic (exact) mass is 745 g/mol. The average molecular weight is 746 g/mol. The standard InChI is InChI=1S/C42H47N7O4S/c1-24(2)37(48-42(52)53-3)41(51)49-18-4-7-34(49)38-43-22-32(46-38)27-12-8-25(9-13-27)26-10-14-28(15-11-26)33-23-44-39(47-33)35-29-16-17-30(20-29)36(35)40(50)45-21-31-6-5-19-54-31/h5-6,8-15,19,22-24,29-30,34-37H,4,7,16-18,20-21H2,1-3H3,(H,43,46)(H,44,47)(H,45,50)(H,48,52)/t29?,30?,34-,35?,36-,37-/m0/s1. The lowest BCUT2D eigenvalue weighted by atomic mass is 9.78. The van der Waals surface area contributed by atoms with E-state index in [0.29, 0.717) is 24.9 Å². The van der Waals surface area contributed by atoms with Gasteiger partial charge in [0.1, 0.15) is 17.7 Å². The molecule has 54 heavy (non-hydrogen) atoms. The van der Waals surface area contributed by atoms with Gasteiger partial charge >= 0.3 is 6.09 Å². The molecule has 0 radical (unpaired) electrons. The minimum Gasteiger partial charge on any atom is -0.453 e. The molecule has 1 aliphatic heterocycles. The first-order chi connectivity index (χ1) is 26.3. The van der Waals surface area contributed by atoms with Crippen LogP contribution in [-0.2, 0) is 20.9 Å². The molecule has 11 nitrogen and oxygen atoms in total. The van der Waals surface area contributed by atoms with Crippen LogP contribution in [0.4, 0.5) is 4.79 Å². The molecule has 2 bridgehead atoms. The number of imidazole rings is 2. The first-order valence-corrected chi connectivity index (χ1v) is 19.9. The quantitative estimate of drug-likeness (QED) is 0.109. The molecule has 2 aromatic carbocycles. The van der Waals surface area contributed by atoms with Crippen molar-refractivity contribution in [3.8, 4) is 33.6 Å². The lowest BCUT2D eigenvalue weighted by Crippen LogP contribution is -2.51. The predicted octanol–water partition coefficient (Wildman–Crippen LogP) is 7.69. The molecule has 3 unspecified atom stereocenters. The van der Waals surface area contributed by atoms with Gasteiger partial charge in [0.2, 0.25) is 11.8 Å². The van der Waals surface area contributed by atoms with E-state index in [2.05, 4.69) is 80.2 Å². The van der Waals surface area contributed by atoms with Gasteiger partial charge in [0.05, 0.1) is 49.4 Å². The highest BCUT2D eigenvalue weighted by Gasteiger charge is 2.52. The minimum atomic E-state index is -0.674. The van der Waals surface area contributed by atoms with Gasteiger partial charge in [-0.1, -0.05) is 68.4 Å². The van der Waals surface area contributed by atoms with Crippen LogP contribution in [0.3, 0.4) is 0 Å². The highest BCUT2D eigenvalue weighted by molar-refractivity contribution is 7.09. The van der Waals surface area contributed by atoms with Gasteiger partial charge in [0.15, 0.2) is 0 Å². The number of nitrogens with zero attached hydrogens (tertiary/aromatic N) is 3. The topological polar surface area (TPSA) is 145 Å². The number of nitrogens with one attached hydrogen (secondary N) is 4. The molecule has 3 amide bonds. The number of H-pyrrole nitrogens is 2. The van der Waals surface area contributed by atoms with Gasteiger partial charge in [-0.15, -0.1) is 11.3 Å². The van der Waals surface area contributed by atoms with Gasteiger partial charge in [0.25, 0.3) is 0 Å². The second-order valence-corrected chi connectivity index (χ2v) is 16.3. The van der Waals surface area contributed by atoms with Crippen LogP contribution in [0.2, 0.25) is 0 Å². The molecule has 12 heteroatoms. The van der Waals surface area contributed by atoms with E-state index in [0.717, 1.165) is 77.4 Å². The van der Waals surface area contributed by atoms with E-state index >= 15 is 0 Å². The molecule has 280 valence electrons. The summed E-state index contributed by atoms with van der Waals surface area (Å²) in [6.45, 7) is 5.01. The average Bonchev–Trinajstić information content (AvgIpc) is 4.05. The van der Waals surface area contributed by atoms with Crippen LogP contribution in [-0.4, -0.2) is 62.4 Å². The summed E-state index contributed by atoms with van der Waals surface area (Å²) in [5, 5.41) is 7.96. The van der Waals surface area contributed by atoms with E-state index in [1.807, 2.05) is 42.6 Å². The zero-order valence-corrected chi connectivity index (χ0v) is 31.7. The molecule has 4 N–H and O–H groups in total. The van der Waals surface area contributed by atoms with Gasteiger partial charge in [-0.25, -0.2) is 14.8 Å². The molecule has 5 aromatic rings. The number of aromatic amines is 2. The fourth-order valence-corrected chi connectivity index (χ4v) is 9.59. The van der Waals surface area contributed by atoms with Crippen LogP contribution in [0.25, 0.3) is 33.6 Å². The summed E-state index contributed by atoms with van der Waals surface area (Å²) < 4.78 is 4.76. The van der Waals surface area contributed by atoms with Gasteiger partial charge in [-0.05, 0) is 83.6 Å². The van der Waals surface area contributed by atoms with Gasteiger partial charge in [0, 0.05) is 17.3 Å². The largest absolute Gasteiger partial charge is 0.453 e. The smallest absolute Gasteiger partial charge is 0.407 e. The summed E-state index contributed by atoms with van der Waals surface area (Å²) >= 11 is 1.67. The Morgan fingerprint density at radius 2 is 1.50 bits per heavy atom. The Labute approximate surface area is 319 Å². The van der Waals surface area contributed by atoms with E-state index in [4.69, 9.17) is 9.72 Å². The normalized spacial score (nSPS) is 22.4. The summed E-state index contributed by atoms with van der Waals surface area (Å²) in [4.78, 5) is 58.5. The zero-order valence-electron chi connectivity index (χ0n) is 30.9. The number of aromatic nitrogens is 4. The van der Waals surface area contributed by atoms with Crippen molar-refractivity contribution in [3.05, 3.63) is 95.0 Å². The summed E-state index contributed by atoms with van der Waals surface area (Å²) in [6.07, 6.45) is 8.16. The molecule has 3 aromatic heterocycles. The Bertz CT molecular complexity index is 2090. The molecular weight excluding hydrogens is 699 g/mol. The van der Waals surface area contributed by atoms with Crippen molar-refractivity contribution in [2.45, 2.75) is 70.5 Å². The van der Waals surface area contributed by atoms with E-state index < -0.39 is 12.1 Å². The van der Waals surface area contributed by atoms with Crippen LogP contribution in [0.15, 0.2) is 78.4 Å². The fourth-order valence-electron chi connectivity index (χ4n) is 8.95. The number of likely N-dealkylation sites (tertiary alicyclic amines) is 1. The number of fused-ring (bicyclic) bond motifs is 2. The van der Waals surface area contributed by atoms with Gasteiger partial charge in [-0.2, -0.15) is 0 Å². The molecule has 2 saturated carbocycles. The maximum absolute atomic E-state index is 13.5. The molecule has 4 heterocycles. The van der Waals surface area contributed by atoms with E-state index in [1.54, 1.807) is 11.3 Å². The van der Waals surface area contributed by atoms with Crippen molar-refractivity contribution in [1.82, 2.24) is 35.5 Å². The Balaban J connectivity index is 0.920. The summed E-state index contributed by atoms with van der Waals surface area (Å²) in [6, 6.07) is 20.1. The number of rotatable bonds is 11. The second kappa shape index (κ2) is 15.3. The van der Waals surface area contributed by atoms with Crippen molar-refractivity contribution >= 4 is 29.2 Å². The maximum atomic E-state index is 13.5. The highest BCUT2D eigenvalue weighted by atomic mass is 32.1. The third kappa shape index (κ3) is 7.06. The molecule has 2 aliphatic carbocycles. The number of thiophene rings is 1. The van der Waals surface area contributed by atoms with Crippen LogP contribution < -0.4 is 10.6 Å². The summed E-state index contributed by atoms with van der Waals surface area (Å²) in [5.74, 6) is 2.60. The van der Waals surface area contributed by atoms with E-state index in [9.17, 15) is 14.4 Å². The lowest BCUT2D eigenvalue weighted by Gasteiger charge is -2.30. The molecular formula is C42H47N7O4S. The van der Waals surface area contributed by atoms with Gasteiger partial charge < -0.3 is 30.2 Å². The van der Waals surface area contributed by atoms with Crippen molar-refractivity contribution in [2.24, 2.45) is 23.7 Å². The summed E-state index contributed by atoms with van der Waals surface area (Å²) in [7, 11) is 1.30. The predicted molar refractivity (Wildman–Crippen MR) is 208 cm³/mol. The highest BCUT2D eigenvalue weighted by Crippen LogP contribution is 2.56. The minimum absolute atomic E-state index is 0.0395. The van der Waals surface area contributed by atoms with Crippen LogP contribution in [0.1, 0.15) is 74.4 Å². The SMILES string of the molecule is COC(=O)N[C@H](C(=O)N1CCC[C@H]1c1ncc(-c2ccc(-c3ccc(-c4cnc(C5C6CCC(C6)[C@@H]5C(=O)NCc5cccs5)[nH]4)cc3)cc2)[nH]1)C(C)C. The molecule has 3 fully saturated rings. The number of carbonyl (C=O) groups excluding carboxylic acids is 3. The number of carbonyl (C=O) groups is 3. The first kappa shape index (κ1) is 35.8. The Kier molecular flexibility index (Phi) is 10.1. The maximum Gasteiger partial charge on any atom is 0.407 e. The van der Waals surface area contributed by atoms with Gasteiger partial charge in [-0.3, -0.25) is 9.59 Å². The molecule has 6 atom stereocenters. The van der Waals surface area contributed by atoms with Crippen molar-refractivity contribution in [1.29, 1.82) is 0 Å². The Hall–Kier alpha value is -5.23. The lowest BCUT2D eigenvalue weighted by molar-refractivity contribution is -0.135. The number of amides is 3. The fraction of sp³-hybridized carbons (Fsp3) is 0.405. The number of ether oxygens (including phenoxy) is 1.